The molecule has 1 saturated heterocycles. The molecule has 6 nitrogen and oxygen atoms in total. The Morgan fingerprint density at radius 1 is 1.43 bits per heavy atom. The van der Waals surface area contributed by atoms with E-state index in [2.05, 4.69) is 21.8 Å². The van der Waals surface area contributed by atoms with Crippen LogP contribution in [0.4, 0.5) is 0 Å². The zero-order valence-electron chi connectivity index (χ0n) is 14.6. The Balaban J connectivity index is 1.75. The Kier molecular flexibility index (Phi) is 4.73. The van der Waals surface area contributed by atoms with Crippen LogP contribution in [-0.2, 0) is 9.53 Å². The van der Waals surface area contributed by atoms with Crippen molar-refractivity contribution in [3.8, 4) is 0 Å². The first-order valence-electron chi connectivity index (χ1n) is 8.62. The van der Waals surface area contributed by atoms with Crippen molar-refractivity contribution in [3.05, 3.63) is 17.2 Å². The molecule has 2 fully saturated rings. The van der Waals surface area contributed by atoms with Crippen molar-refractivity contribution in [3.63, 3.8) is 0 Å². The molecule has 1 aromatic heterocycles. The quantitative estimate of drug-likeness (QED) is 0.868. The summed E-state index contributed by atoms with van der Waals surface area (Å²) in [5, 5.41) is 0. The van der Waals surface area contributed by atoms with Crippen LogP contribution in [-0.4, -0.2) is 64.6 Å². The molecule has 6 heteroatoms. The molecule has 1 aromatic rings. The second-order valence-electron chi connectivity index (χ2n) is 6.78. The van der Waals surface area contributed by atoms with Crippen LogP contribution in [0, 0.1) is 13.8 Å². The molecule has 0 bridgehead atoms. The van der Waals surface area contributed by atoms with E-state index in [9.17, 15) is 4.79 Å². The van der Waals surface area contributed by atoms with Gasteiger partial charge in [-0.15, -0.1) is 0 Å². The number of nitrogens with one attached hydrogen (secondary N) is 1. The van der Waals surface area contributed by atoms with E-state index in [1.54, 1.807) is 7.11 Å². The van der Waals surface area contributed by atoms with E-state index in [4.69, 9.17) is 4.74 Å². The Hall–Kier alpha value is -1.40. The number of methoxy groups -OCH3 is 1. The highest BCUT2D eigenvalue weighted by atomic mass is 16.5. The zero-order valence-corrected chi connectivity index (χ0v) is 14.6. The molecule has 2 heterocycles. The third-order valence-electron chi connectivity index (χ3n) is 5.19. The number of H-pyrrole nitrogens is 1. The van der Waals surface area contributed by atoms with E-state index in [0.717, 1.165) is 30.2 Å². The average molecular weight is 320 g/mol. The molecule has 0 radical (unpaired) electrons. The molecule has 128 valence electrons. The normalized spacial score (nSPS) is 24.7. The van der Waals surface area contributed by atoms with E-state index in [1.165, 1.54) is 12.8 Å². The number of imidazole rings is 1. The largest absolute Gasteiger partial charge is 0.380 e. The van der Waals surface area contributed by atoms with Gasteiger partial charge in [0.15, 0.2) is 0 Å². The predicted octanol–water partition coefficient (Wildman–Crippen LogP) is 1.80. The van der Waals surface area contributed by atoms with Crippen molar-refractivity contribution >= 4 is 5.91 Å². The van der Waals surface area contributed by atoms with Crippen LogP contribution >= 0.6 is 0 Å². The average Bonchev–Trinajstić information content (AvgIpc) is 3.20. The summed E-state index contributed by atoms with van der Waals surface area (Å²) >= 11 is 0. The van der Waals surface area contributed by atoms with Crippen molar-refractivity contribution in [1.29, 1.82) is 0 Å². The maximum atomic E-state index is 12.9. The first-order valence-corrected chi connectivity index (χ1v) is 8.62. The van der Waals surface area contributed by atoms with Crippen molar-refractivity contribution in [1.82, 2.24) is 19.8 Å². The Bertz CT molecular complexity index is 547. The first-order chi connectivity index (χ1) is 11.0. The van der Waals surface area contributed by atoms with E-state index in [0.29, 0.717) is 19.1 Å². The van der Waals surface area contributed by atoms with Gasteiger partial charge in [0.1, 0.15) is 5.82 Å². The highest BCUT2D eigenvalue weighted by Gasteiger charge is 2.39. The molecule has 0 unspecified atom stereocenters. The summed E-state index contributed by atoms with van der Waals surface area (Å²) in [7, 11) is 1.72. The third kappa shape index (κ3) is 3.43. The zero-order chi connectivity index (χ0) is 16.6. The number of ether oxygens (including phenoxy) is 1. The maximum Gasteiger partial charge on any atom is 0.237 e. The minimum atomic E-state index is -0.00207. The van der Waals surface area contributed by atoms with E-state index in [-0.39, 0.29) is 18.1 Å². The molecule has 2 atom stereocenters. The molecular formula is C17H28N4O2. The van der Waals surface area contributed by atoms with Gasteiger partial charge in [0, 0.05) is 31.8 Å². The van der Waals surface area contributed by atoms with Crippen LogP contribution in [0.1, 0.15) is 49.4 Å². The lowest BCUT2D eigenvalue weighted by Gasteiger charge is -2.27. The van der Waals surface area contributed by atoms with Crippen molar-refractivity contribution in [2.45, 2.75) is 58.2 Å². The van der Waals surface area contributed by atoms with Gasteiger partial charge < -0.3 is 14.6 Å². The highest BCUT2D eigenvalue weighted by Crippen LogP contribution is 2.33. The molecule has 1 aliphatic heterocycles. The number of hydrogen-bond acceptors (Lipinski definition) is 4. The fourth-order valence-corrected chi connectivity index (χ4v) is 3.44. The van der Waals surface area contributed by atoms with Crippen molar-refractivity contribution < 1.29 is 9.53 Å². The van der Waals surface area contributed by atoms with Gasteiger partial charge in [-0.25, -0.2) is 4.98 Å². The summed E-state index contributed by atoms with van der Waals surface area (Å²) in [5.74, 6) is 1.08. The summed E-state index contributed by atoms with van der Waals surface area (Å²) < 4.78 is 5.52. The Morgan fingerprint density at radius 2 is 2.17 bits per heavy atom. The number of likely N-dealkylation sites (tertiary alicyclic amines) is 1. The van der Waals surface area contributed by atoms with Gasteiger partial charge in [0.05, 0.1) is 24.4 Å². The topological polar surface area (TPSA) is 61.5 Å². The number of likely N-dealkylation sites (N-methyl/N-ethyl adjacent to an activating group) is 1. The highest BCUT2D eigenvalue weighted by molar-refractivity contribution is 5.79. The second-order valence-corrected chi connectivity index (χ2v) is 6.78. The predicted molar refractivity (Wildman–Crippen MR) is 88.2 cm³/mol. The Morgan fingerprint density at radius 3 is 2.70 bits per heavy atom. The summed E-state index contributed by atoms with van der Waals surface area (Å²) in [6.07, 6.45) is 3.35. The first kappa shape index (κ1) is 16.5. The summed E-state index contributed by atoms with van der Waals surface area (Å²) in [5.41, 5.74) is 2.07. The van der Waals surface area contributed by atoms with Crippen molar-refractivity contribution in [2.75, 3.05) is 26.7 Å². The summed E-state index contributed by atoms with van der Waals surface area (Å²) in [4.78, 5) is 25.1. The van der Waals surface area contributed by atoms with Crippen LogP contribution < -0.4 is 0 Å². The van der Waals surface area contributed by atoms with Crippen molar-refractivity contribution in [2.24, 2.45) is 0 Å². The van der Waals surface area contributed by atoms with Crippen LogP contribution in [0.5, 0.6) is 0 Å². The minimum Gasteiger partial charge on any atom is -0.380 e. The van der Waals surface area contributed by atoms with E-state index in [1.807, 2.05) is 18.7 Å². The number of amides is 1. The smallest absolute Gasteiger partial charge is 0.237 e. The van der Waals surface area contributed by atoms with Crippen LogP contribution in [0.3, 0.4) is 0 Å². The number of carbonyl (C=O) groups is 1. The Labute approximate surface area is 138 Å². The molecule has 3 rings (SSSR count). The summed E-state index contributed by atoms with van der Waals surface area (Å²) in [6.45, 7) is 8.24. The van der Waals surface area contributed by atoms with Gasteiger partial charge in [-0.3, -0.25) is 9.69 Å². The number of nitrogens with zero attached hydrogens (tertiary/aromatic N) is 3. The SMILES string of the molecule is CCN(CC(=O)N1C[C@H](OC)C[C@H]1c1nc(C)c(C)[nH]1)C1CC1. The third-order valence-corrected chi connectivity index (χ3v) is 5.19. The molecular weight excluding hydrogens is 292 g/mol. The lowest BCUT2D eigenvalue weighted by molar-refractivity contribution is -0.134. The van der Waals surface area contributed by atoms with Gasteiger partial charge >= 0.3 is 0 Å². The van der Waals surface area contributed by atoms with E-state index >= 15 is 0 Å². The van der Waals surface area contributed by atoms with Gasteiger partial charge in [0.2, 0.25) is 5.91 Å². The molecule has 1 aliphatic carbocycles. The maximum absolute atomic E-state index is 12.9. The number of aromatic nitrogens is 2. The summed E-state index contributed by atoms with van der Waals surface area (Å²) in [6, 6.07) is 0.606. The number of carbonyl (C=O) groups excluding carboxylic acids is 1. The lowest BCUT2D eigenvalue weighted by Crippen LogP contribution is -2.41. The number of aryl methyl sites for hydroxylation is 2. The van der Waals surface area contributed by atoms with Gasteiger partial charge in [-0.2, -0.15) is 0 Å². The van der Waals surface area contributed by atoms with E-state index < -0.39 is 0 Å². The number of aromatic amines is 1. The van der Waals surface area contributed by atoms with Gasteiger partial charge in [-0.1, -0.05) is 6.92 Å². The molecule has 1 saturated carbocycles. The molecule has 2 aliphatic rings. The molecule has 0 aromatic carbocycles. The van der Waals surface area contributed by atoms with Crippen LogP contribution in [0.15, 0.2) is 0 Å². The number of rotatable bonds is 6. The van der Waals surface area contributed by atoms with Gasteiger partial charge in [-0.05, 0) is 33.2 Å². The molecule has 1 N–H and O–H groups in total. The molecule has 23 heavy (non-hydrogen) atoms. The minimum absolute atomic E-state index is 0.00207. The lowest BCUT2D eigenvalue weighted by atomic mass is 10.2. The van der Waals surface area contributed by atoms with Crippen LogP contribution in [0.25, 0.3) is 0 Å². The standard InChI is InChI=1S/C17H28N4O2/c1-5-20(13-6-7-13)10-16(22)21-9-14(23-4)8-15(21)17-18-11(2)12(3)19-17/h13-15H,5-10H2,1-4H3,(H,18,19)/t14-,15+/m1/s1. The molecule has 1 amide bonds. The second kappa shape index (κ2) is 6.61. The van der Waals surface area contributed by atoms with Gasteiger partial charge in [0.25, 0.3) is 0 Å². The fourth-order valence-electron chi connectivity index (χ4n) is 3.44. The van der Waals surface area contributed by atoms with Crippen LogP contribution in [0.2, 0.25) is 0 Å². The fraction of sp³-hybridized carbons (Fsp3) is 0.765. The molecule has 0 spiro atoms. The number of hydrogen-bond donors (Lipinski definition) is 1. The monoisotopic (exact) mass is 320 g/mol.